The first-order chi connectivity index (χ1) is 18.4. The minimum Gasteiger partial charge on any atom is -0.354 e. The number of rotatable bonds is 7. The molecule has 2 aromatic heterocycles. The van der Waals surface area contributed by atoms with Crippen LogP contribution in [0, 0.1) is 24.6 Å². The van der Waals surface area contributed by atoms with Crippen molar-refractivity contribution in [2.45, 2.75) is 84.2 Å². The van der Waals surface area contributed by atoms with E-state index in [-0.39, 0.29) is 35.5 Å². The molecule has 5 rings (SSSR count). The number of carbonyl (C=O) groups excluding carboxylic acids is 2. The second-order valence-corrected chi connectivity index (χ2v) is 11.0. The van der Waals surface area contributed by atoms with Crippen LogP contribution in [0.5, 0.6) is 0 Å². The second-order valence-electron chi connectivity index (χ2n) is 11.0. The Morgan fingerprint density at radius 3 is 2.55 bits per heavy atom. The fourth-order valence-corrected chi connectivity index (χ4v) is 6.01. The van der Waals surface area contributed by atoms with E-state index < -0.39 is 6.04 Å². The highest BCUT2D eigenvalue weighted by molar-refractivity contribution is 5.91. The maximum absolute atomic E-state index is 14.1. The summed E-state index contributed by atoms with van der Waals surface area (Å²) in [4.78, 5) is 41.8. The third-order valence-electron chi connectivity index (χ3n) is 8.37. The molecule has 7 nitrogen and oxygen atoms in total. The molecule has 3 heterocycles. The van der Waals surface area contributed by atoms with E-state index in [1.54, 1.807) is 12.1 Å². The molecule has 8 heteroatoms. The average Bonchev–Trinajstić information content (AvgIpc) is 3.58. The SMILES string of the molecule is CC[C@@H](C)C(=O)N[C@H](C(=O)N1CCC[C@H]1c1cc2nc(C)nc(-c3ccc(F)cc3)c2[nH]1)C1CCCCC1. The van der Waals surface area contributed by atoms with Crippen molar-refractivity contribution in [1.82, 2.24) is 25.2 Å². The van der Waals surface area contributed by atoms with Crippen molar-refractivity contribution < 1.29 is 14.0 Å². The third-order valence-corrected chi connectivity index (χ3v) is 8.37. The van der Waals surface area contributed by atoms with Crippen LogP contribution in [0.3, 0.4) is 0 Å². The number of aromatic amines is 1. The summed E-state index contributed by atoms with van der Waals surface area (Å²) in [5, 5.41) is 3.16. The number of aryl methyl sites for hydroxylation is 1. The number of hydrogen-bond acceptors (Lipinski definition) is 4. The van der Waals surface area contributed by atoms with Gasteiger partial charge in [-0.25, -0.2) is 14.4 Å². The summed E-state index contributed by atoms with van der Waals surface area (Å²) >= 11 is 0. The van der Waals surface area contributed by atoms with Gasteiger partial charge in [0.05, 0.1) is 22.8 Å². The lowest BCUT2D eigenvalue weighted by molar-refractivity contribution is -0.140. The quantitative estimate of drug-likeness (QED) is 0.410. The maximum Gasteiger partial charge on any atom is 0.245 e. The molecule has 0 bridgehead atoms. The van der Waals surface area contributed by atoms with E-state index >= 15 is 0 Å². The number of fused-ring (bicyclic) bond motifs is 1. The molecule has 0 unspecified atom stereocenters. The van der Waals surface area contributed by atoms with Crippen LogP contribution in [0.1, 0.15) is 82.8 Å². The van der Waals surface area contributed by atoms with Crippen LogP contribution in [0.15, 0.2) is 30.3 Å². The number of halogens is 1. The van der Waals surface area contributed by atoms with Crippen LogP contribution in [0.25, 0.3) is 22.3 Å². The Labute approximate surface area is 223 Å². The molecule has 1 saturated heterocycles. The van der Waals surface area contributed by atoms with Gasteiger partial charge < -0.3 is 15.2 Å². The molecule has 3 atom stereocenters. The van der Waals surface area contributed by atoms with E-state index in [2.05, 4.69) is 20.3 Å². The Balaban J connectivity index is 1.46. The highest BCUT2D eigenvalue weighted by Gasteiger charge is 2.39. The van der Waals surface area contributed by atoms with Gasteiger partial charge in [-0.3, -0.25) is 9.59 Å². The topological polar surface area (TPSA) is 91.0 Å². The zero-order chi connectivity index (χ0) is 26.8. The predicted octanol–water partition coefficient (Wildman–Crippen LogP) is 5.85. The van der Waals surface area contributed by atoms with Gasteiger partial charge in [0.15, 0.2) is 0 Å². The molecule has 0 radical (unpaired) electrons. The number of likely N-dealkylation sites (tertiary alicyclic amines) is 1. The van der Waals surface area contributed by atoms with Crippen LogP contribution in [-0.4, -0.2) is 44.3 Å². The number of H-pyrrole nitrogens is 1. The first-order valence-corrected chi connectivity index (χ1v) is 14.1. The monoisotopic (exact) mass is 519 g/mol. The normalized spacial score (nSPS) is 20.0. The zero-order valence-corrected chi connectivity index (χ0v) is 22.6. The largest absolute Gasteiger partial charge is 0.354 e. The van der Waals surface area contributed by atoms with Gasteiger partial charge in [-0.1, -0.05) is 33.1 Å². The van der Waals surface area contributed by atoms with Crippen molar-refractivity contribution in [3.63, 3.8) is 0 Å². The summed E-state index contributed by atoms with van der Waals surface area (Å²) in [5.41, 5.74) is 4.01. The Morgan fingerprint density at radius 1 is 1.11 bits per heavy atom. The lowest BCUT2D eigenvalue weighted by atomic mass is 9.83. The van der Waals surface area contributed by atoms with E-state index in [0.717, 1.165) is 72.9 Å². The molecule has 1 aliphatic carbocycles. The molecular formula is C30H38FN5O2. The first kappa shape index (κ1) is 26.3. The number of benzene rings is 1. The standard InChI is InChI=1S/C30H38FN5O2/c1-4-18(2)29(37)35-27(20-9-6-5-7-10-20)30(38)36-16-8-11-25(36)23-17-24-28(34-23)26(33-19(3)32-24)21-12-14-22(31)15-13-21/h12-15,17-18,20,25,27,34H,4-11,16H2,1-3H3,(H,35,37)/t18-,25+,27+/m1/s1. The van der Waals surface area contributed by atoms with Gasteiger partial charge in [-0.15, -0.1) is 0 Å². The fourth-order valence-electron chi connectivity index (χ4n) is 6.01. The summed E-state index contributed by atoms with van der Waals surface area (Å²) in [5.74, 6) is 0.376. The van der Waals surface area contributed by atoms with E-state index in [4.69, 9.17) is 0 Å². The van der Waals surface area contributed by atoms with E-state index in [9.17, 15) is 14.0 Å². The number of aromatic nitrogens is 3. The number of hydrogen-bond donors (Lipinski definition) is 2. The molecule has 2 fully saturated rings. The first-order valence-electron chi connectivity index (χ1n) is 14.1. The molecule has 1 aliphatic heterocycles. The van der Waals surface area contributed by atoms with Gasteiger partial charge in [-0.05, 0) is 75.3 Å². The summed E-state index contributed by atoms with van der Waals surface area (Å²) < 4.78 is 13.6. The Hall–Kier alpha value is -3.29. The molecule has 1 aromatic carbocycles. The Kier molecular flexibility index (Phi) is 7.77. The molecule has 1 saturated carbocycles. The molecule has 2 aliphatic rings. The summed E-state index contributed by atoms with van der Waals surface area (Å²) in [6.45, 7) is 6.43. The van der Waals surface area contributed by atoms with E-state index in [0.29, 0.717) is 12.4 Å². The van der Waals surface area contributed by atoms with Crippen molar-refractivity contribution in [2.75, 3.05) is 6.54 Å². The number of nitrogens with one attached hydrogen (secondary N) is 2. The van der Waals surface area contributed by atoms with E-state index in [1.165, 1.54) is 18.6 Å². The predicted molar refractivity (Wildman–Crippen MR) is 146 cm³/mol. The summed E-state index contributed by atoms with van der Waals surface area (Å²) in [6.07, 6.45) is 7.82. The Morgan fingerprint density at radius 2 is 1.84 bits per heavy atom. The van der Waals surface area contributed by atoms with Crippen LogP contribution in [0.2, 0.25) is 0 Å². The Bertz CT molecular complexity index is 1300. The van der Waals surface area contributed by atoms with Crippen molar-refractivity contribution in [2.24, 2.45) is 11.8 Å². The molecule has 202 valence electrons. The molecule has 0 spiro atoms. The van der Waals surface area contributed by atoms with Gasteiger partial charge in [0.2, 0.25) is 11.8 Å². The lowest BCUT2D eigenvalue weighted by Crippen LogP contribution is -2.53. The molecule has 2 amide bonds. The summed E-state index contributed by atoms with van der Waals surface area (Å²) in [7, 11) is 0. The fraction of sp³-hybridized carbons (Fsp3) is 0.533. The van der Waals surface area contributed by atoms with Crippen molar-refractivity contribution >= 4 is 22.8 Å². The van der Waals surface area contributed by atoms with Crippen LogP contribution in [0.4, 0.5) is 4.39 Å². The molecule has 3 aromatic rings. The van der Waals surface area contributed by atoms with Gasteiger partial charge in [0.25, 0.3) is 0 Å². The zero-order valence-electron chi connectivity index (χ0n) is 22.6. The van der Waals surface area contributed by atoms with E-state index in [1.807, 2.05) is 31.7 Å². The van der Waals surface area contributed by atoms with Crippen LogP contribution in [-0.2, 0) is 9.59 Å². The van der Waals surface area contributed by atoms with Crippen molar-refractivity contribution in [1.29, 1.82) is 0 Å². The minimum absolute atomic E-state index is 0.0238. The van der Waals surface area contributed by atoms with Crippen LogP contribution >= 0.6 is 0 Å². The smallest absolute Gasteiger partial charge is 0.245 e. The number of nitrogens with zero attached hydrogens (tertiary/aromatic N) is 3. The van der Waals surface area contributed by atoms with Gasteiger partial charge >= 0.3 is 0 Å². The highest BCUT2D eigenvalue weighted by atomic mass is 19.1. The molecule has 38 heavy (non-hydrogen) atoms. The second kappa shape index (κ2) is 11.2. The highest BCUT2D eigenvalue weighted by Crippen LogP contribution is 2.37. The van der Waals surface area contributed by atoms with Gasteiger partial charge in [0, 0.05) is 23.7 Å². The van der Waals surface area contributed by atoms with Crippen molar-refractivity contribution in [3.8, 4) is 11.3 Å². The van der Waals surface area contributed by atoms with Crippen LogP contribution < -0.4 is 5.32 Å². The van der Waals surface area contributed by atoms with Gasteiger partial charge in [0.1, 0.15) is 17.7 Å². The molecule has 2 N–H and O–H groups in total. The lowest BCUT2D eigenvalue weighted by Gasteiger charge is -2.35. The molecular weight excluding hydrogens is 481 g/mol. The third kappa shape index (κ3) is 5.31. The number of carbonyl (C=O) groups is 2. The van der Waals surface area contributed by atoms with Gasteiger partial charge in [-0.2, -0.15) is 0 Å². The minimum atomic E-state index is -0.487. The maximum atomic E-state index is 14.1. The summed E-state index contributed by atoms with van der Waals surface area (Å²) in [6, 6.07) is 7.70. The number of amides is 2. The van der Waals surface area contributed by atoms with Crippen molar-refractivity contribution in [3.05, 3.63) is 47.7 Å². The average molecular weight is 520 g/mol.